The lowest BCUT2D eigenvalue weighted by atomic mass is 10.1. The molecule has 0 saturated heterocycles. The summed E-state index contributed by atoms with van der Waals surface area (Å²) in [6.45, 7) is 6.00. The van der Waals surface area contributed by atoms with E-state index in [2.05, 4.69) is 5.32 Å². The fourth-order valence-corrected chi connectivity index (χ4v) is 3.69. The quantitative estimate of drug-likeness (QED) is 0.161. The second kappa shape index (κ2) is 15.3. The fraction of sp³-hybridized carbons (Fsp3) is 0.267. The number of ether oxygens (including phenoxy) is 4. The Morgan fingerprint density at radius 1 is 0.974 bits per heavy atom. The largest absolute Gasteiger partial charge is 0.491 e. The normalized spacial score (nSPS) is 10.9. The Hall–Kier alpha value is -3.99. The van der Waals surface area contributed by atoms with Gasteiger partial charge in [0.15, 0.2) is 11.5 Å². The summed E-state index contributed by atoms with van der Waals surface area (Å²) in [6, 6.07) is 22.5. The van der Waals surface area contributed by atoms with E-state index in [0.29, 0.717) is 55.1 Å². The van der Waals surface area contributed by atoms with Crippen LogP contribution in [0.4, 0.5) is 0 Å². The first-order valence-electron chi connectivity index (χ1n) is 12.3. The van der Waals surface area contributed by atoms with Crippen molar-refractivity contribution in [2.75, 3.05) is 33.0 Å². The Morgan fingerprint density at radius 2 is 1.68 bits per heavy atom. The summed E-state index contributed by atoms with van der Waals surface area (Å²) in [7, 11) is 0. The van der Waals surface area contributed by atoms with E-state index >= 15 is 0 Å². The van der Waals surface area contributed by atoms with Gasteiger partial charge >= 0.3 is 0 Å². The van der Waals surface area contributed by atoms with Gasteiger partial charge in [0.25, 0.3) is 5.91 Å². The molecule has 0 unspecified atom stereocenters. The number of amides is 1. The third-order valence-corrected chi connectivity index (χ3v) is 5.58. The van der Waals surface area contributed by atoms with Crippen LogP contribution in [0, 0.1) is 18.3 Å². The van der Waals surface area contributed by atoms with Crippen LogP contribution >= 0.6 is 11.6 Å². The Morgan fingerprint density at radius 3 is 2.37 bits per heavy atom. The van der Waals surface area contributed by atoms with Crippen molar-refractivity contribution in [3.8, 4) is 23.3 Å². The number of hydrogen-bond donors (Lipinski definition) is 1. The number of nitriles is 1. The first-order valence-corrected chi connectivity index (χ1v) is 12.7. The summed E-state index contributed by atoms with van der Waals surface area (Å²) >= 11 is 6.48. The monoisotopic (exact) mass is 534 g/mol. The van der Waals surface area contributed by atoms with Crippen LogP contribution in [0.1, 0.15) is 23.6 Å². The van der Waals surface area contributed by atoms with Crippen LogP contribution in [-0.4, -0.2) is 38.9 Å². The third-order valence-electron chi connectivity index (χ3n) is 5.30. The topological polar surface area (TPSA) is 89.8 Å². The molecule has 0 heterocycles. The SMILES string of the molecule is CCOc1cc(/C=C(\C#N)C(=O)NCc2ccccc2)cc(Cl)c1OCCOCCOc1ccc(C)cc1. The predicted octanol–water partition coefficient (Wildman–Crippen LogP) is 5.74. The number of halogens is 1. The average Bonchev–Trinajstić information content (AvgIpc) is 2.92. The summed E-state index contributed by atoms with van der Waals surface area (Å²) in [6.07, 6.45) is 1.47. The van der Waals surface area contributed by atoms with E-state index in [0.717, 1.165) is 11.3 Å². The van der Waals surface area contributed by atoms with Crippen LogP contribution in [0.2, 0.25) is 5.02 Å². The van der Waals surface area contributed by atoms with Crippen LogP contribution < -0.4 is 19.5 Å². The van der Waals surface area contributed by atoms with Crippen molar-refractivity contribution in [3.05, 3.63) is 94.0 Å². The zero-order valence-electron chi connectivity index (χ0n) is 21.5. The fourth-order valence-electron chi connectivity index (χ4n) is 3.42. The average molecular weight is 535 g/mol. The van der Waals surface area contributed by atoms with Gasteiger partial charge in [0.05, 0.1) is 24.8 Å². The van der Waals surface area contributed by atoms with Gasteiger partial charge in [-0.15, -0.1) is 0 Å². The van der Waals surface area contributed by atoms with Crippen molar-refractivity contribution in [1.29, 1.82) is 5.26 Å². The molecule has 0 aromatic heterocycles. The van der Waals surface area contributed by atoms with E-state index in [-0.39, 0.29) is 12.2 Å². The molecule has 7 nitrogen and oxygen atoms in total. The summed E-state index contributed by atoms with van der Waals surface area (Å²) in [5, 5.41) is 12.6. The first-order chi connectivity index (χ1) is 18.5. The molecular formula is C30H31ClN2O5. The van der Waals surface area contributed by atoms with Gasteiger partial charge in [0.2, 0.25) is 0 Å². The van der Waals surface area contributed by atoms with Gasteiger partial charge in [-0.3, -0.25) is 4.79 Å². The molecule has 1 N–H and O–H groups in total. The lowest BCUT2D eigenvalue weighted by molar-refractivity contribution is -0.117. The van der Waals surface area contributed by atoms with Crippen molar-refractivity contribution in [2.45, 2.75) is 20.4 Å². The molecule has 0 radical (unpaired) electrons. The van der Waals surface area contributed by atoms with E-state index in [1.54, 1.807) is 12.1 Å². The summed E-state index contributed by atoms with van der Waals surface area (Å²) in [5.41, 5.74) is 2.61. The van der Waals surface area contributed by atoms with Crippen LogP contribution in [0.25, 0.3) is 6.08 Å². The number of hydrogen-bond acceptors (Lipinski definition) is 6. The molecule has 198 valence electrons. The Labute approximate surface area is 228 Å². The molecule has 0 fully saturated rings. The van der Waals surface area contributed by atoms with Gasteiger partial charge in [-0.25, -0.2) is 0 Å². The van der Waals surface area contributed by atoms with Gasteiger partial charge in [-0.05, 0) is 55.3 Å². The highest BCUT2D eigenvalue weighted by atomic mass is 35.5. The minimum atomic E-state index is -0.478. The van der Waals surface area contributed by atoms with E-state index in [9.17, 15) is 10.1 Å². The maximum atomic E-state index is 12.5. The van der Waals surface area contributed by atoms with Crippen molar-refractivity contribution < 1.29 is 23.7 Å². The molecule has 1 amide bonds. The second-order valence-corrected chi connectivity index (χ2v) is 8.63. The second-order valence-electron chi connectivity index (χ2n) is 8.22. The summed E-state index contributed by atoms with van der Waals surface area (Å²) in [4.78, 5) is 12.5. The van der Waals surface area contributed by atoms with Crippen LogP contribution in [0.15, 0.2) is 72.3 Å². The van der Waals surface area contributed by atoms with Gasteiger partial charge in [-0.2, -0.15) is 5.26 Å². The maximum Gasteiger partial charge on any atom is 0.262 e. The molecule has 0 aliphatic carbocycles. The summed E-state index contributed by atoms with van der Waals surface area (Å²) < 4.78 is 22.8. The predicted molar refractivity (Wildman–Crippen MR) is 147 cm³/mol. The third kappa shape index (κ3) is 9.15. The highest BCUT2D eigenvalue weighted by Crippen LogP contribution is 2.37. The Balaban J connectivity index is 1.54. The van der Waals surface area contributed by atoms with E-state index in [1.807, 2.05) is 74.5 Å². The molecule has 0 aliphatic rings. The lowest BCUT2D eigenvalue weighted by Crippen LogP contribution is -2.23. The van der Waals surface area contributed by atoms with E-state index < -0.39 is 5.91 Å². The molecule has 0 aliphatic heterocycles. The molecular weight excluding hydrogens is 504 g/mol. The number of rotatable bonds is 14. The summed E-state index contributed by atoms with van der Waals surface area (Å²) in [5.74, 6) is 1.10. The molecule has 3 aromatic rings. The van der Waals surface area contributed by atoms with E-state index in [4.69, 9.17) is 30.5 Å². The Bertz CT molecular complexity index is 1250. The zero-order chi connectivity index (χ0) is 27.2. The lowest BCUT2D eigenvalue weighted by Gasteiger charge is -2.15. The molecule has 0 bridgehead atoms. The maximum absolute atomic E-state index is 12.5. The highest BCUT2D eigenvalue weighted by molar-refractivity contribution is 6.32. The molecule has 8 heteroatoms. The number of nitrogens with zero attached hydrogens (tertiary/aromatic N) is 1. The molecule has 3 rings (SSSR count). The van der Waals surface area contributed by atoms with Crippen LogP contribution in [-0.2, 0) is 16.1 Å². The van der Waals surface area contributed by atoms with Crippen molar-refractivity contribution in [2.24, 2.45) is 0 Å². The first kappa shape index (κ1) is 28.6. The molecule has 38 heavy (non-hydrogen) atoms. The molecule has 0 saturated carbocycles. The number of carbonyl (C=O) groups excluding carboxylic acids is 1. The zero-order valence-corrected chi connectivity index (χ0v) is 22.3. The minimum absolute atomic E-state index is 0.0469. The van der Waals surface area contributed by atoms with Crippen LogP contribution in [0.5, 0.6) is 17.2 Å². The molecule has 0 spiro atoms. The van der Waals surface area contributed by atoms with Crippen molar-refractivity contribution in [1.82, 2.24) is 5.32 Å². The molecule has 3 aromatic carbocycles. The van der Waals surface area contributed by atoms with Crippen molar-refractivity contribution >= 4 is 23.6 Å². The van der Waals surface area contributed by atoms with Gasteiger partial charge in [0, 0.05) is 6.54 Å². The van der Waals surface area contributed by atoms with Gasteiger partial charge in [0.1, 0.15) is 30.6 Å². The number of nitrogens with one attached hydrogen (secondary N) is 1. The number of benzene rings is 3. The van der Waals surface area contributed by atoms with Gasteiger partial charge in [-0.1, -0.05) is 59.6 Å². The molecule has 0 atom stereocenters. The standard InChI is InChI=1S/C30H31ClN2O5/c1-3-36-28-19-24(17-25(20-32)30(34)33-21-23-7-5-4-6-8-23)18-27(31)29(28)38-16-14-35-13-15-37-26-11-9-22(2)10-12-26/h4-12,17-19H,3,13-16,21H2,1-2H3,(H,33,34)/b25-17+. The number of carbonyl (C=O) groups is 1. The minimum Gasteiger partial charge on any atom is -0.491 e. The van der Waals surface area contributed by atoms with E-state index in [1.165, 1.54) is 11.6 Å². The van der Waals surface area contributed by atoms with Crippen LogP contribution in [0.3, 0.4) is 0 Å². The smallest absolute Gasteiger partial charge is 0.262 e. The van der Waals surface area contributed by atoms with Gasteiger partial charge < -0.3 is 24.3 Å². The highest BCUT2D eigenvalue weighted by Gasteiger charge is 2.14. The van der Waals surface area contributed by atoms with Crippen molar-refractivity contribution in [3.63, 3.8) is 0 Å². The Kier molecular flexibility index (Phi) is 11.5. The number of aryl methyl sites for hydroxylation is 1.